The van der Waals surface area contributed by atoms with Gasteiger partial charge in [-0.2, -0.15) is 0 Å². The number of anilines is 1. The maximum atomic E-state index is 14.9. The molecule has 1 aromatic carbocycles. The molecule has 2 aromatic heterocycles. The highest BCUT2D eigenvalue weighted by Crippen LogP contribution is 2.48. The van der Waals surface area contributed by atoms with Crippen LogP contribution in [-0.4, -0.2) is 134 Å². The number of fused-ring (bicyclic) bond motifs is 3. The fourth-order valence-corrected chi connectivity index (χ4v) is 10.1. The monoisotopic (exact) mass is 911 g/mol. The Morgan fingerprint density at radius 1 is 1.08 bits per heavy atom. The molecule has 2 aliphatic heterocycles. The second-order valence-corrected chi connectivity index (χ2v) is 21.3. The number of carbonyl (C=O) groups excluding carboxylic acids is 3. The maximum absolute atomic E-state index is 14.9. The molecule has 346 valence electrons. The van der Waals surface area contributed by atoms with Gasteiger partial charge in [0.15, 0.2) is 5.13 Å². The molecule has 19 heteroatoms. The molecule has 2 unspecified atom stereocenters. The first-order valence-electron chi connectivity index (χ1n) is 21.9. The molecule has 7 atom stereocenters. The molecule has 4 amide bonds. The van der Waals surface area contributed by atoms with Crippen molar-refractivity contribution >= 4 is 62.7 Å². The summed E-state index contributed by atoms with van der Waals surface area (Å²) in [6, 6.07) is 4.36. The van der Waals surface area contributed by atoms with E-state index in [-0.39, 0.29) is 31.5 Å². The summed E-state index contributed by atoms with van der Waals surface area (Å²) in [5.41, 5.74) is -0.0397. The SMILES string of the molecule is COc1ccc2c(O[C@@H]3C[C@H]4C(=O)N[C@]5(C(=O)O)CC5CCCCCCC[C@H](NC(=O)N[C@H](CN(C)[S+]([O-])N(C)C)C(C)(C)C)C(=O)N4C3)cc(-c3csc(NC(C)C)n3)nc2c1. The van der Waals surface area contributed by atoms with Crippen LogP contribution in [0.4, 0.5) is 9.93 Å². The summed E-state index contributed by atoms with van der Waals surface area (Å²) in [5.74, 6) is -1.25. The van der Waals surface area contributed by atoms with Crippen LogP contribution < -0.4 is 30.7 Å². The minimum absolute atomic E-state index is 0.000438. The van der Waals surface area contributed by atoms with Gasteiger partial charge < -0.3 is 45.3 Å². The van der Waals surface area contributed by atoms with Crippen LogP contribution in [0.1, 0.15) is 92.4 Å². The van der Waals surface area contributed by atoms with E-state index in [2.05, 4.69) is 21.3 Å². The predicted octanol–water partition coefficient (Wildman–Crippen LogP) is 5.39. The van der Waals surface area contributed by atoms with Gasteiger partial charge in [0.1, 0.15) is 52.5 Å². The quantitative estimate of drug-likeness (QED) is 0.136. The zero-order chi connectivity index (χ0) is 45.8. The number of rotatable bonds is 13. The molecule has 3 aromatic rings. The number of hydrogen-bond donors (Lipinski definition) is 5. The lowest BCUT2D eigenvalue weighted by atomic mass is 9.87. The first kappa shape index (κ1) is 48.0. The third kappa shape index (κ3) is 11.6. The van der Waals surface area contributed by atoms with Gasteiger partial charge in [0, 0.05) is 56.5 Å². The number of thiazole rings is 1. The van der Waals surface area contributed by atoms with Crippen LogP contribution >= 0.6 is 11.3 Å². The molecule has 63 heavy (non-hydrogen) atoms. The van der Waals surface area contributed by atoms with E-state index in [4.69, 9.17) is 19.4 Å². The number of carboxylic acids is 1. The molecule has 6 rings (SSSR count). The van der Waals surface area contributed by atoms with E-state index < -0.39 is 70.5 Å². The number of nitrogens with zero attached hydrogens (tertiary/aromatic N) is 5. The smallest absolute Gasteiger partial charge is 0.329 e. The number of carbonyl (C=O) groups is 4. The van der Waals surface area contributed by atoms with Crippen LogP contribution in [0.3, 0.4) is 0 Å². The van der Waals surface area contributed by atoms with Gasteiger partial charge in [0.05, 0.1) is 37.5 Å². The van der Waals surface area contributed by atoms with Crippen molar-refractivity contribution in [3.8, 4) is 22.9 Å². The van der Waals surface area contributed by atoms with Crippen LogP contribution in [0, 0.1) is 11.3 Å². The van der Waals surface area contributed by atoms with E-state index in [1.807, 2.05) is 58.2 Å². The molecule has 1 saturated carbocycles. The van der Waals surface area contributed by atoms with Crippen molar-refractivity contribution in [1.29, 1.82) is 0 Å². The van der Waals surface area contributed by atoms with Gasteiger partial charge in [-0.25, -0.2) is 19.6 Å². The Bertz CT molecular complexity index is 2110. The molecule has 4 heterocycles. The fraction of sp³-hybridized carbons (Fsp3) is 0.636. The van der Waals surface area contributed by atoms with Gasteiger partial charge in [0.25, 0.3) is 0 Å². The van der Waals surface area contributed by atoms with E-state index in [1.165, 1.54) is 16.2 Å². The normalized spacial score (nSPS) is 24.5. The molecule has 5 N–H and O–H groups in total. The number of pyridine rings is 1. The molecular formula is C44H65N9O8S2. The average Bonchev–Trinajstić information content (AvgIpc) is 3.48. The van der Waals surface area contributed by atoms with Crippen LogP contribution in [0.5, 0.6) is 11.5 Å². The minimum Gasteiger partial charge on any atom is -0.579 e. The second-order valence-electron chi connectivity index (χ2n) is 18.7. The average molecular weight is 912 g/mol. The molecule has 17 nitrogen and oxygen atoms in total. The lowest BCUT2D eigenvalue weighted by Gasteiger charge is -2.35. The molecule has 3 fully saturated rings. The summed E-state index contributed by atoms with van der Waals surface area (Å²) in [7, 11) is 6.72. The number of benzene rings is 1. The molecule has 0 radical (unpaired) electrons. The first-order chi connectivity index (χ1) is 29.8. The van der Waals surface area contributed by atoms with Crippen molar-refractivity contribution < 1.29 is 38.3 Å². The number of ether oxygens (including phenoxy) is 2. The second kappa shape index (κ2) is 20.2. The van der Waals surface area contributed by atoms with Crippen LogP contribution in [0.25, 0.3) is 22.3 Å². The lowest BCUT2D eigenvalue weighted by molar-refractivity contribution is -0.145. The molecular weight excluding hydrogens is 847 g/mol. The molecule has 2 saturated heterocycles. The zero-order valence-electron chi connectivity index (χ0n) is 38.0. The standard InChI is InChI=1S/C44H65N9O8S2/c1-26(2)45-42-48-34(25-62-42)33-21-36(30-18-17-28(60-9)19-32(30)46-33)61-29-20-35-38(54)50-44(40(56)57)22-27(44)15-13-11-10-12-14-16-31(39(55)53(35)23-29)47-41(58)49-37(43(3,4)5)24-52(8)63(59)51(6)7/h17-19,21,25-27,29,31,35,37H,10-16,20,22-24H2,1-9H3,(H,45,48)(H,50,54)(H,56,57)(H2,47,49,58)/t27?,29-,31+,35+,37-,44-,63?/m1/s1. The number of hydrogen-bond acceptors (Lipinski definition) is 13. The van der Waals surface area contributed by atoms with Crippen molar-refractivity contribution in [2.45, 2.75) is 128 Å². The van der Waals surface area contributed by atoms with Crippen molar-refractivity contribution in [3.05, 3.63) is 29.6 Å². The van der Waals surface area contributed by atoms with Gasteiger partial charge in [0.2, 0.25) is 11.8 Å². The van der Waals surface area contributed by atoms with Crippen molar-refractivity contribution in [2.24, 2.45) is 11.3 Å². The highest BCUT2D eigenvalue weighted by atomic mass is 32.2. The van der Waals surface area contributed by atoms with Crippen molar-refractivity contribution in [3.63, 3.8) is 0 Å². The minimum atomic E-state index is -1.43. The summed E-state index contributed by atoms with van der Waals surface area (Å²) < 4.78 is 28.4. The zero-order valence-corrected chi connectivity index (χ0v) is 39.6. The van der Waals surface area contributed by atoms with Crippen molar-refractivity contribution in [1.82, 2.24) is 39.4 Å². The Morgan fingerprint density at radius 3 is 2.46 bits per heavy atom. The highest BCUT2D eigenvalue weighted by Gasteiger charge is 2.62. The van der Waals surface area contributed by atoms with Gasteiger partial charge in [-0.3, -0.25) is 9.59 Å². The van der Waals surface area contributed by atoms with Crippen molar-refractivity contribution in [2.75, 3.05) is 46.7 Å². The number of carboxylic acid groups (broad SMARTS) is 1. The van der Waals surface area contributed by atoms with Gasteiger partial charge in [-0.05, 0) is 56.6 Å². The number of methoxy groups -OCH3 is 1. The number of likely N-dealkylation sites (N-methyl/N-ethyl adjacent to an activating group) is 1. The van der Waals surface area contributed by atoms with Gasteiger partial charge in [-0.1, -0.05) is 52.9 Å². The third-order valence-corrected chi connectivity index (χ3v) is 14.2. The molecule has 0 bridgehead atoms. The summed E-state index contributed by atoms with van der Waals surface area (Å²) in [4.78, 5) is 67.1. The topological polar surface area (TPSA) is 214 Å². The number of aliphatic carboxylic acids is 1. The van der Waals surface area contributed by atoms with Gasteiger partial charge in [-0.15, -0.1) is 19.9 Å². The van der Waals surface area contributed by atoms with E-state index in [0.29, 0.717) is 59.5 Å². The Kier molecular flexibility index (Phi) is 15.4. The predicted molar refractivity (Wildman–Crippen MR) is 245 cm³/mol. The Balaban J connectivity index is 1.31. The van der Waals surface area contributed by atoms with Crippen LogP contribution in [0.2, 0.25) is 0 Å². The number of amides is 4. The van der Waals surface area contributed by atoms with E-state index in [0.717, 1.165) is 30.8 Å². The van der Waals surface area contributed by atoms with E-state index in [1.54, 1.807) is 42.9 Å². The Morgan fingerprint density at radius 2 is 1.79 bits per heavy atom. The summed E-state index contributed by atoms with van der Waals surface area (Å²) >= 11 is 0.0292. The van der Waals surface area contributed by atoms with E-state index in [9.17, 15) is 28.8 Å². The summed E-state index contributed by atoms with van der Waals surface area (Å²) in [6.07, 6.45) is 4.80. The van der Waals surface area contributed by atoms with Crippen LogP contribution in [-0.2, 0) is 25.9 Å². The van der Waals surface area contributed by atoms with Crippen LogP contribution in [0.15, 0.2) is 29.6 Å². The maximum Gasteiger partial charge on any atom is 0.329 e. The van der Waals surface area contributed by atoms with E-state index >= 15 is 0 Å². The molecule has 3 aliphatic rings. The number of nitrogens with one attached hydrogen (secondary N) is 4. The Hall–Kier alpha value is -4.43. The fourth-order valence-electron chi connectivity index (χ4n) is 8.46. The summed E-state index contributed by atoms with van der Waals surface area (Å²) in [5, 5.41) is 26.0. The largest absolute Gasteiger partial charge is 0.579 e. The number of urea groups is 1. The number of aromatic nitrogens is 2. The third-order valence-electron chi connectivity index (χ3n) is 12.2. The summed E-state index contributed by atoms with van der Waals surface area (Å²) in [6.45, 7) is 10.3. The highest BCUT2D eigenvalue weighted by molar-refractivity contribution is 7.86. The lowest BCUT2D eigenvalue weighted by Crippen LogP contribution is -2.59. The molecule has 1 aliphatic carbocycles. The Labute approximate surface area is 377 Å². The molecule has 0 spiro atoms. The first-order valence-corrected chi connectivity index (χ1v) is 23.8. The van der Waals surface area contributed by atoms with Gasteiger partial charge >= 0.3 is 12.0 Å².